The lowest BCUT2D eigenvalue weighted by molar-refractivity contribution is 0.0492. The summed E-state index contributed by atoms with van der Waals surface area (Å²) in [6.07, 6.45) is 0.687. The Bertz CT molecular complexity index is 801. The Morgan fingerprint density at radius 2 is 1.82 bits per heavy atom. The van der Waals surface area contributed by atoms with Crippen molar-refractivity contribution < 1.29 is 19.0 Å². The monoisotopic (exact) mass is 386 g/mol. The first-order chi connectivity index (χ1) is 13.7. The van der Waals surface area contributed by atoms with Gasteiger partial charge in [0.05, 0.1) is 0 Å². The van der Waals surface area contributed by atoms with Crippen molar-refractivity contribution in [1.82, 2.24) is 9.80 Å². The third kappa shape index (κ3) is 4.46. The molecule has 1 saturated heterocycles. The summed E-state index contributed by atoms with van der Waals surface area (Å²) in [4.78, 5) is 4.68. The molecule has 0 aromatic heterocycles. The van der Waals surface area contributed by atoms with Gasteiger partial charge in [0.25, 0.3) is 0 Å². The zero-order valence-electron chi connectivity index (χ0n) is 16.0. The number of ether oxygens (including phenoxy) is 2. The van der Waals surface area contributed by atoms with Gasteiger partial charge in [-0.05, 0) is 30.2 Å². The fourth-order valence-electron chi connectivity index (χ4n) is 4.02. The Labute approximate surface area is 165 Å². The highest BCUT2D eigenvalue weighted by atomic mass is 19.1. The standard InChI is InChI=1S/C22H27FN2O3/c23-20-4-2-1-3-18(20)15-25-9-8-24(16-19(25)7-10-26)14-17-5-6-21-22(13-17)28-12-11-27-21/h1-6,13,19,26H,7-12,14-16H2/t19-/m1/s1. The van der Waals surface area contributed by atoms with Gasteiger partial charge in [-0.25, -0.2) is 4.39 Å². The topological polar surface area (TPSA) is 45.2 Å². The largest absolute Gasteiger partial charge is 0.486 e. The number of benzene rings is 2. The molecule has 2 aliphatic rings. The number of fused-ring (bicyclic) bond motifs is 1. The van der Waals surface area contributed by atoms with Gasteiger partial charge in [-0.1, -0.05) is 24.3 Å². The molecule has 1 N–H and O–H groups in total. The van der Waals surface area contributed by atoms with Crippen LogP contribution in [0.5, 0.6) is 11.5 Å². The van der Waals surface area contributed by atoms with Gasteiger partial charge in [0.1, 0.15) is 19.0 Å². The van der Waals surface area contributed by atoms with Gasteiger partial charge in [0, 0.05) is 50.9 Å². The SMILES string of the molecule is OCC[C@@H]1CN(Cc2ccc3c(c2)OCCO3)CCN1Cc1ccccc1F. The van der Waals surface area contributed by atoms with Crippen LogP contribution < -0.4 is 9.47 Å². The molecule has 6 heteroatoms. The van der Waals surface area contributed by atoms with Gasteiger partial charge in [0.15, 0.2) is 11.5 Å². The van der Waals surface area contributed by atoms with Crippen molar-refractivity contribution in [3.8, 4) is 11.5 Å². The molecule has 1 atom stereocenters. The van der Waals surface area contributed by atoms with E-state index in [9.17, 15) is 9.50 Å². The summed E-state index contributed by atoms with van der Waals surface area (Å²) in [5, 5.41) is 9.52. The molecule has 0 spiro atoms. The Balaban J connectivity index is 1.40. The van der Waals surface area contributed by atoms with E-state index < -0.39 is 0 Å². The van der Waals surface area contributed by atoms with Crippen molar-refractivity contribution in [2.24, 2.45) is 0 Å². The van der Waals surface area contributed by atoms with E-state index in [1.54, 1.807) is 6.07 Å². The first-order valence-electron chi connectivity index (χ1n) is 9.92. The number of aliphatic hydroxyl groups is 1. The Kier molecular flexibility index (Phi) is 6.10. The number of hydrogen-bond donors (Lipinski definition) is 1. The van der Waals surface area contributed by atoms with Crippen LogP contribution in [0.25, 0.3) is 0 Å². The normalized spacial score (nSPS) is 20.3. The van der Waals surface area contributed by atoms with Crippen molar-refractivity contribution >= 4 is 0 Å². The molecule has 0 unspecified atom stereocenters. The van der Waals surface area contributed by atoms with E-state index in [-0.39, 0.29) is 18.5 Å². The van der Waals surface area contributed by atoms with Crippen LogP contribution in [0.15, 0.2) is 42.5 Å². The number of hydrogen-bond acceptors (Lipinski definition) is 5. The summed E-state index contributed by atoms with van der Waals surface area (Å²) in [6, 6.07) is 13.3. The van der Waals surface area contributed by atoms with Crippen molar-refractivity contribution in [3.63, 3.8) is 0 Å². The number of nitrogens with zero attached hydrogens (tertiary/aromatic N) is 2. The highest BCUT2D eigenvalue weighted by Gasteiger charge is 2.27. The average molecular weight is 386 g/mol. The van der Waals surface area contributed by atoms with E-state index in [2.05, 4.69) is 21.9 Å². The molecule has 0 radical (unpaired) electrons. The van der Waals surface area contributed by atoms with Crippen LogP contribution in [0.1, 0.15) is 17.5 Å². The number of piperazine rings is 1. The van der Waals surface area contributed by atoms with Crippen LogP contribution in [-0.2, 0) is 13.1 Å². The second-order valence-corrected chi connectivity index (χ2v) is 7.44. The van der Waals surface area contributed by atoms with Gasteiger partial charge in [-0.2, -0.15) is 0 Å². The Morgan fingerprint density at radius 3 is 2.64 bits per heavy atom. The highest BCUT2D eigenvalue weighted by Crippen LogP contribution is 2.31. The van der Waals surface area contributed by atoms with E-state index >= 15 is 0 Å². The van der Waals surface area contributed by atoms with Crippen LogP contribution in [-0.4, -0.2) is 60.4 Å². The molecule has 0 saturated carbocycles. The molecular formula is C22H27FN2O3. The fraction of sp³-hybridized carbons (Fsp3) is 0.455. The minimum Gasteiger partial charge on any atom is -0.486 e. The van der Waals surface area contributed by atoms with Gasteiger partial charge in [-0.15, -0.1) is 0 Å². The molecule has 2 aliphatic heterocycles. The molecule has 1 fully saturated rings. The maximum Gasteiger partial charge on any atom is 0.161 e. The van der Waals surface area contributed by atoms with Gasteiger partial charge in [-0.3, -0.25) is 9.80 Å². The third-order valence-electron chi connectivity index (χ3n) is 5.50. The smallest absolute Gasteiger partial charge is 0.161 e. The van der Waals surface area contributed by atoms with Gasteiger partial charge in [0.2, 0.25) is 0 Å². The molecule has 2 aromatic rings. The lowest BCUT2D eigenvalue weighted by Gasteiger charge is -2.41. The van der Waals surface area contributed by atoms with Crippen molar-refractivity contribution in [2.45, 2.75) is 25.6 Å². The lowest BCUT2D eigenvalue weighted by atomic mass is 10.1. The summed E-state index contributed by atoms with van der Waals surface area (Å²) in [6.45, 7) is 5.33. The van der Waals surface area contributed by atoms with Crippen LogP contribution >= 0.6 is 0 Å². The maximum absolute atomic E-state index is 14.1. The van der Waals surface area contributed by atoms with Crippen LogP contribution in [0.2, 0.25) is 0 Å². The summed E-state index contributed by atoms with van der Waals surface area (Å²) in [5.74, 6) is 1.46. The molecule has 2 aromatic carbocycles. The summed E-state index contributed by atoms with van der Waals surface area (Å²) in [7, 11) is 0. The first-order valence-corrected chi connectivity index (χ1v) is 9.92. The van der Waals surface area contributed by atoms with Crippen LogP contribution in [0.3, 0.4) is 0 Å². The second-order valence-electron chi connectivity index (χ2n) is 7.44. The summed E-state index contributed by atoms with van der Waals surface area (Å²) in [5.41, 5.74) is 1.90. The minimum atomic E-state index is -0.163. The first kappa shape index (κ1) is 19.2. The predicted molar refractivity (Wildman–Crippen MR) is 105 cm³/mol. The zero-order valence-corrected chi connectivity index (χ0v) is 16.0. The average Bonchev–Trinajstić information content (AvgIpc) is 2.71. The molecular weight excluding hydrogens is 359 g/mol. The Morgan fingerprint density at radius 1 is 1.00 bits per heavy atom. The Hall–Kier alpha value is -2.15. The molecule has 0 bridgehead atoms. The molecule has 0 amide bonds. The van der Waals surface area contributed by atoms with Gasteiger partial charge < -0.3 is 14.6 Å². The lowest BCUT2D eigenvalue weighted by Crippen LogP contribution is -2.52. The molecule has 4 rings (SSSR count). The van der Waals surface area contributed by atoms with Crippen molar-refractivity contribution in [2.75, 3.05) is 39.5 Å². The number of aliphatic hydroxyl groups excluding tert-OH is 1. The highest BCUT2D eigenvalue weighted by molar-refractivity contribution is 5.43. The quantitative estimate of drug-likeness (QED) is 0.827. The van der Waals surface area contributed by atoms with Crippen molar-refractivity contribution in [3.05, 3.63) is 59.4 Å². The molecule has 150 valence electrons. The zero-order chi connectivity index (χ0) is 19.3. The third-order valence-corrected chi connectivity index (χ3v) is 5.50. The molecule has 0 aliphatic carbocycles. The number of halogens is 1. The fourth-order valence-corrected chi connectivity index (χ4v) is 4.02. The van der Waals surface area contributed by atoms with Gasteiger partial charge >= 0.3 is 0 Å². The van der Waals surface area contributed by atoms with E-state index in [4.69, 9.17) is 9.47 Å². The van der Waals surface area contributed by atoms with Crippen molar-refractivity contribution in [1.29, 1.82) is 0 Å². The minimum absolute atomic E-state index is 0.135. The summed E-state index contributed by atoms with van der Waals surface area (Å²) < 4.78 is 25.3. The number of rotatable bonds is 6. The van der Waals surface area contributed by atoms with E-state index in [1.807, 2.05) is 18.2 Å². The molecule has 28 heavy (non-hydrogen) atoms. The maximum atomic E-state index is 14.1. The molecule has 5 nitrogen and oxygen atoms in total. The van der Waals surface area contributed by atoms with E-state index in [1.165, 1.54) is 11.6 Å². The van der Waals surface area contributed by atoms with Crippen LogP contribution in [0, 0.1) is 5.82 Å². The second kappa shape index (κ2) is 8.90. The van der Waals surface area contributed by atoms with Crippen LogP contribution in [0.4, 0.5) is 4.39 Å². The predicted octanol–water partition coefficient (Wildman–Crippen LogP) is 2.67. The molecule has 2 heterocycles. The van der Waals surface area contributed by atoms with E-state index in [0.29, 0.717) is 31.7 Å². The van der Waals surface area contributed by atoms with E-state index in [0.717, 1.165) is 37.7 Å². The summed E-state index contributed by atoms with van der Waals surface area (Å²) >= 11 is 0.